The van der Waals surface area contributed by atoms with Crippen LogP contribution in [0.5, 0.6) is 5.75 Å². The van der Waals surface area contributed by atoms with Gasteiger partial charge in [-0.3, -0.25) is 19.0 Å². The summed E-state index contributed by atoms with van der Waals surface area (Å²) < 4.78 is 13.8. The van der Waals surface area contributed by atoms with E-state index in [0.717, 1.165) is 29.5 Å². The first-order valence-corrected chi connectivity index (χ1v) is 21.6. The van der Waals surface area contributed by atoms with E-state index in [1.165, 1.54) is 17.3 Å². The van der Waals surface area contributed by atoms with Crippen molar-refractivity contribution in [1.29, 1.82) is 0 Å². The molecule has 10 nitrogen and oxygen atoms in total. The highest BCUT2D eigenvalue weighted by Crippen LogP contribution is 2.60. The maximum absolute atomic E-state index is 15.0. The number of anilines is 1. The van der Waals surface area contributed by atoms with Crippen molar-refractivity contribution in [3.05, 3.63) is 111 Å². The Bertz CT molecular complexity index is 1990. The number of aliphatic hydroxyl groups is 1. The predicted molar refractivity (Wildman–Crippen MR) is 209 cm³/mol. The number of aromatic nitrogens is 1. The van der Waals surface area contributed by atoms with Gasteiger partial charge < -0.3 is 29.2 Å². The Morgan fingerprint density at radius 3 is 2.47 bits per heavy atom. The Hall–Kier alpha value is -4.29. The van der Waals surface area contributed by atoms with Gasteiger partial charge in [0.15, 0.2) is 19.7 Å². The van der Waals surface area contributed by atoms with Gasteiger partial charge in [-0.1, -0.05) is 54.5 Å². The smallest absolute Gasteiger partial charge is 0.297 e. The molecule has 2 amide bonds. The molecule has 3 aliphatic rings. The highest BCUT2D eigenvalue weighted by molar-refractivity contribution is 6.71. The number of carbonyl (C=O) groups is 2. The van der Waals surface area contributed by atoms with Crippen molar-refractivity contribution in [3.63, 3.8) is 0 Å². The number of fused-ring (bicyclic) bond motifs is 3. The zero-order valence-electron chi connectivity index (χ0n) is 32.0. The minimum absolute atomic E-state index is 0.0482. The van der Waals surface area contributed by atoms with Crippen LogP contribution in [0.15, 0.2) is 88.9 Å². The fraction of sp³-hybridized carbons (Fsp3) is 0.452. The van der Waals surface area contributed by atoms with Crippen LogP contribution >= 0.6 is 0 Å². The normalized spacial score (nSPS) is 24.0. The number of ether oxygens (including phenoxy) is 2. The maximum Gasteiger partial charge on any atom is 0.297 e. The van der Waals surface area contributed by atoms with E-state index in [1.54, 1.807) is 28.1 Å². The third kappa shape index (κ3) is 7.19. The van der Waals surface area contributed by atoms with Gasteiger partial charge in [0.05, 0.1) is 38.0 Å². The van der Waals surface area contributed by atoms with Gasteiger partial charge in [-0.15, -0.1) is 0 Å². The zero-order valence-corrected chi connectivity index (χ0v) is 33.0. The van der Waals surface area contributed by atoms with Crippen molar-refractivity contribution >= 4 is 25.8 Å². The van der Waals surface area contributed by atoms with E-state index in [-0.39, 0.29) is 42.2 Å². The van der Waals surface area contributed by atoms with Crippen molar-refractivity contribution in [3.8, 4) is 11.4 Å². The van der Waals surface area contributed by atoms with Crippen LogP contribution in [0.25, 0.3) is 5.69 Å². The van der Waals surface area contributed by atoms with Crippen molar-refractivity contribution in [2.24, 2.45) is 5.92 Å². The van der Waals surface area contributed by atoms with Gasteiger partial charge in [-0.25, -0.2) is 0 Å². The largest absolute Gasteiger partial charge is 0.491 e. The molecule has 0 bridgehead atoms. The first-order chi connectivity index (χ1) is 25.2. The molecule has 11 heteroatoms. The monoisotopic (exact) mass is 739 g/mol. The molecular formula is C42H53N3O7Si. The van der Waals surface area contributed by atoms with E-state index >= 15 is 4.79 Å². The van der Waals surface area contributed by atoms with Crippen LogP contribution in [0.2, 0.25) is 18.6 Å². The van der Waals surface area contributed by atoms with Crippen LogP contribution in [0.4, 0.5) is 5.69 Å². The standard InChI is InChI=1S/C42H53N3O7Si/c1-27(2)12-10-13-28(3)19-21-44-35-18-17-32(43-20-11-16-36(51-5)40(43)48)23-34(35)42(41(44)49)29(4)39(53(6,7)50)37(52-42)24-38(47)45-25-31-15-9-8-14-30(31)22-33(45)26-46/h8-9,11-12,14-20,23,29,33,37,39,46,50H,10,13,21-22,24-26H2,1-7H3/b28-19+/t29-,33+,37+,39-,42+/m1/s1. The Morgan fingerprint density at radius 2 is 1.79 bits per heavy atom. The molecule has 53 heavy (non-hydrogen) atoms. The SMILES string of the molecule is COc1cccn(-c2ccc3c(c2)[C@]2(O[C@@H](CC(=O)N4Cc5ccccc5C[C@H]4CO)[C@H]([Si](C)(C)O)[C@H]2C)C(=O)N3C/C=C(\C)CCC=C(C)C)c1=O. The summed E-state index contributed by atoms with van der Waals surface area (Å²) in [5, 5.41) is 10.3. The summed E-state index contributed by atoms with van der Waals surface area (Å²) in [5.41, 5.74) is 4.07. The number of pyridine rings is 1. The molecule has 3 aromatic rings. The minimum Gasteiger partial charge on any atom is -0.491 e. The van der Waals surface area contributed by atoms with Gasteiger partial charge in [0.2, 0.25) is 5.91 Å². The van der Waals surface area contributed by atoms with E-state index < -0.39 is 31.5 Å². The molecule has 1 fully saturated rings. The van der Waals surface area contributed by atoms with Gasteiger partial charge >= 0.3 is 0 Å². The first kappa shape index (κ1) is 38.4. The molecule has 1 spiro atoms. The lowest BCUT2D eigenvalue weighted by molar-refractivity contribution is -0.150. The Balaban J connectivity index is 1.41. The van der Waals surface area contributed by atoms with E-state index in [0.29, 0.717) is 36.4 Å². The molecule has 282 valence electrons. The lowest BCUT2D eigenvalue weighted by Crippen LogP contribution is -2.48. The molecule has 0 aliphatic carbocycles. The summed E-state index contributed by atoms with van der Waals surface area (Å²) in [6, 6.07) is 16.4. The molecule has 5 atom stereocenters. The molecule has 1 saturated heterocycles. The number of carbonyl (C=O) groups excluding carboxylic acids is 2. The van der Waals surface area contributed by atoms with Crippen LogP contribution in [-0.2, 0) is 32.9 Å². The second-order valence-corrected chi connectivity index (χ2v) is 19.6. The molecular weight excluding hydrogens is 687 g/mol. The topological polar surface area (TPSA) is 122 Å². The Labute approximate surface area is 313 Å². The molecule has 2 N–H and O–H groups in total. The van der Waals surface area contributed by atoms with Crippen LogP contribution in [0.1, 0.15) is 63.6 Å². The molecule has 0 saturated carbocycles. The van der Waals surface area contributed by atoms with E-state index in [1.807, 2.05) is 62.5 Å². The summed E-state index contributed by atoms with van der Waals surface area (Å²) in [6.45, 7) is 12.4. The second kappa shape index (κ2) is 15.2. The minimum atomic E-state index is -3.08. The fourth-order valence-electron chi connectivity index (χ4n) is 8.70. The molecule has 3 aliphatic heterocycles. The zero-order chi connectivity index (χ0) is 38.2. The lowest BCUT2D eigenvalue weighted by Gasteiger charge is -2.37. The van der Waals surface area contributed by atoms with Gasteiger partial charge in [0, 0.05) is 42.0 Å². The Kier molecular flexibility index (Phi) is 11.0. The number of allylic oxidation sites excluding steroid dienone is 3. The quantitative estimate of drug-likeness (QED) is 0.182. The number of amides is 2. The van der Waals surface area contributed by atoms with Gasteiger partial charge in [-0.2, -0.15) is 0 Å². The summed E-state index contributed by atoms with van der Waals surface area (Å²) in [7, 11) is -1.63. The first-order valence-electron chi connectivity index (χ1n) is 18.6. The third-order valence-corrected chi connectivity index (χ3v) is 13.9. The predicted octanol–water partition coefficient (Wildman–Crippen LogP) is 6.02. The van der Waals surface area contributed by atoms with Gasteiger partial charge in [0.25, 0.3) is 11.5 Å². The van der Waals surface area contributed by atoms with Gasteiger partial charge in [0.1, 0.15) is 0 Å². The van der Waals surface area contributed by atoms with E-state index in [4.69, 9.17) is 9.47 Å². The van der Waals surface area contributed by atoms with Crippen LogP contribution in [0.3, 0.4) is 0 Å². The summed E-state index contributed by atoms with van der Waals surface area (Å²) in [6.07, 6.45) is 7.44. The molecule has 6 rings (SSSR count). The fourth-order valence-corrected chi connectivity index (χ4v) is 11.3. The lowest BCUT2D eigenvalue weighted by atomic mass is 9.82. The van der Waals surface area contributed by atoms with Crippen molar-refractivity contribution in [2.45, 2.75) is 96.3 Å². The summed E-state index contributed by atoms with van der Waals surface area (Å²) >= 11 is 0. The number of aliphatic hydroxyl groups excluding tert-OH is 1. The van der Waals surface area contributed by atoms with Crippen LogP contribution in [0, 0.1) is 5.92 Å². The molecule has 0 radical (unpaired) electrons. The number of benzene rings is 2. The number of hydrogen-bond acceptors (Lipinski definition) is 7. The number of rotatable bonds is 11. The molecule has 0 unspecified atom stereocenters. The number of methoxy groups -OCH3 is 1. The van der Waals surface area contributed by atoms with E-state index in [2.05, 4.69) is 32.9 Å². The third-order valence-electron chi connectivity index (χ3n) is 11.4. The highest BCUT2D eigenvalue weighted by atomic mass is 28.4. The van der Waals surface area contributed by atoms with Gasteiger partial charge in [-0.05, 0) is 94.6 Å². The summed E-state index contributed by atoms with van der Waals surface area (Å²) in [5.74, 6) is -0.751. The molecule has 1 aromatic heterocycles. The molecule has 2 aromatic carbocycles. The average molecular weight is 740 g/mol. The second-order valence-electron chi connectivity index (χ2n) is 15.6. The number of nitrogens with zero attached hydrogens (tertiary/aromatic N) is 3. The van der Waals surface area contributed by atoms with Crippen molar-refractivity contribution in [2.75, 3.05) is 25.2 Å². The van der Waals surface area contributed by atoms with Crippen LogP contribution in [-0.4, -0.2) is 71.9 Å². The Morgan fingerprint density at radius 1 is 1.06 bits per heavy atom. The van der Waals surface area contributed by atoms with Crippen LogP contribution < -0.4 is 15.2 Å². The van der Waals surface area contributed by atoms with E-state index in [9.17, 15) is 19.5 Å². The number of hydrogen-bond donors (Lipinski definition) is 2. The molecule has 4 heterocycles. The maximum atomic E-state index is 15.0. The van der Waals surface area contributed by atoms with Crippen molar-refractivity contribution in [1.82, 2.24) is 9.47 Å². The summed E-state index contributed by atoms with van der Waals surface area (Å²) in [4.78, 5) is 58.0. The van der Waals surface area contributed by atoms with Crippen molar-refractivity contribution < 1.29 is 29.0 Å². The average Bonchev–Trinajstić information content (AvgIpc) is 3.55. The highest BCUT2D eigenvalue weighted by Gasteiger charge is 2.66.